The predicted molar refractivity (Wildman–Crippen MR) is 73.6 cm³/mol. The molecule has 0 amide bonds. The minimum atomic E-state index is -0.518. The van der Waals surface area contributed by atoms with Gasteiger partial charge in [0.05, 0.1) is 25.7 Å². The molecule has 0 unspecified atom stereocenters. The second-order valence-electron chi connectivity index (χ2n) is 3.28. The fourth-order valence-electron chi connectivity index (χ4n) is 1.33. The molecule has 1 heterocycles. The van der Waals surface area contributed by atoms with E-state index in [1.807, 2.05) is 0 Å². The minimum absolute atomic E-state index is 0.0159. The third kappa shape index (κ3) is 2.49. The fourth-order valence-corrected chi connectivity index (χ4v) is 2.56. The zero-order valence-corrected chi connectivity index (χ0v) is 12.2. The number of rotatable bonds is 2. The standard InChI is InChI=1S/C11H3Cl5O2/c12-4-3-5(13)9(15)10(16)8(4)11(17)6-1-2-7(14)18-6/h1-3H. The van der Waals surface area contributed by atoms with Gasteiger partial charge in [-0.3, -0.25) is 4.79 Å². The largest absolute Gasteiger partial charge is 0.441 e. The van der Waals surface area contributed by atoms with E-state index in [1.54, 1.807) is 0 Å². The van der Waals surface area contributed by atoms with Gasteiger partial charge in [-0.25, -0.2) is 0 Å². The highest BCUT2D eigenvalue weighted by molar-refractivity contribution is 6.51. The molecule has 0 saturated heterocycles. The van der Waals surface area contributed by atoms with Gasteiger partial charge in [-0.15, -0.1) is 0 Å². The van der Waals surface area contributed by atoms with E-state index in [1.165, 1.54) is 18.2 Å². The third-order valence-corrected chi connectivity index (χ3v) is 3.90. The van der Waals surface area contributed by atoms with Crippen molar-refractivity contribution in [3.8, 4) is 0 Å². The normalized spacial score (nSPS) is 10.7. The monoisotopic (exact) mass is 342 g/mol. The first-order valence-electron chi connectivity index (χ1n) is 4.55. The summed E-state index contributed by atoms with van der Waals surface area (Å²) in [5.41, 5.74) is 0.0266. The smallest absolute Gasteiger partial charge is 0.231 e. The number of halogens is 5. The highest BCUT2D eigenvalue weighted by Crippen LogP contribution is 2.38. The Bertz CT molecular complexity index is 633. The summed E-state index contributed by atoms with van der Waals surface area (Å²) in [7, 11) is 0. The van der Waals surface area contributed by atoms with Crippen molar-refractivity contribution < 1.29 is 9.21 Å². The average Bonchev–Trinajstić information content (AvgIpc) is 2.73. The number of hydrogen-bond acceptors (Lipinski definition) is 2. The lowest BCUT2D eigenvalue weighted by Gasteiger charge is -2.07. The van der Waals surface area contributed by atoms with Crippen LogP contribution in [0.25, 0.3) is 0 Å². The summed E-state index contributed by atoms with van der Waals surface area (Å²) in [6, 6.07) is 4.20. The van der Waals surface area contributed by atoms with Crippen LogP contribution in [0.1, 0.15) is 16.1 Å². The average molecular weight is 344 g/mol. The molecule has 0 fully saturated rings. The van der Waals surface area contributed by atoms with Gasteiger partial charge in [-0.1, -0.05) is 46.4 Å². The lowest BCUT2D eigenvalue weighted by atomic mass is 10.1. The van der Waals surface area contributed by atoms with Gasteiger partial charge >= 0.3 is 0 Å². The van der Waals surface area contributed by atoms with Crippen LogP contribution in [0.4, 0.5) is 0 Å². The Morgan fingerprint density at radius 3 is 2.17 bits per heavy atom. The Balaban J connectivity index is 2.58. The molecular formula is C11H3Cl5O2. The van der Waals surface area contributed by atoms with Crippen molar-refractivity contribution in [2.75, 3.05) is 0 Å². The Hall–Kier alpha value is -0.380. The van der Waals surface area contributed by atoms with Crippen LogP contribution in [0.3, 0.4) is 0 Å². The maximum atomic E-state index is 12.1. The van der Waals surface area contributed by atoms with Gasteiger partial charge in [-0.05, 0) is 29.8 Å². The van der Waals surface area contributed by atoms with E-state index in [0.717, 1.165) is 0 Å². The fraction of sp³-hybridized carbons (Fsp3) is 0. The van der Waals surface area contributed by atoms with Gasteiger partial charge in [0.15, 0.2) is 11.0 Å². The maximum absolute atomic E-state index is 12.1. The molecule has 1 aromatic carbocycles. The Morgan fingerprint density at radius 1 is 0.944 bits per heavy atom. The number of furan rings is 1. The van der Waals surface area contributed by atoms with Crippen molar-refractivity contribution in [1.82, 2.24) is 0 Å². The molecule has 18 heavy (non-hydrogen) atoms. The molecule has 0 bridgehead atoms. The van der Waals surface area contributed by atoms with Crippen LogP contribution in [0, 0.1) is 0 Å². The summed E-state index contributed by atoms with van der Waals surface area (Å²) in [4.78, 5) is 12.1. The Labute approximate surface area is 127 Å². The van der Waals surface area contributed by atoms with Crippen molar-refractivity contribution in [2.45, 2.75) is 0 Å². The molecule has 2 aromatic rings. The predicted octanol–water partition coefficient (Wildman–Crippen LogP) is 5.78. The number of benzene rings is 1. The van der Waals surface area contributed by atoms with Crippen LogP contribution in [0.5, 0.6) is 0 Å². The van der Waals surface area contributed by atoms with E-state index >= 15 is 0 Å². The molecule has 0 atom stereocenters. The Kier molecular flexibility index (Phi) is 4.15. The number of hydrogen-bond donors (Lipinski definition) is 0. The molecule has 0 saturated carbocycles. The van der Waals surface area contributed by atoms with E-state index in [9.17, 15) is 4.79 Å². The second kappa shape index (κ2) is 5.32. The van der Waals surface area contributed by atoms with E-state index in [0.29, 0.717) is 0 Å². The molecule has 7 heteroatoms. The summed E-state index contributed by atoms with van der Waals surface area (Å²) in [5, 5.41) is 0.383. The molecular weight excluding hydrogens is 341 g/mol. The van der Waals surface area contributed by atoms with Gasteiger partial charge in [0.25, 0.3) is 0 Å². The van der Waals surface area contributed by atoms with Crippen LogP contribution in [0.15, 0.2) is 22.6 Å². The van der Waals surface area contributed by atoms with Gasteiger partial charge in [-0.2, -0.15) is 0 Å². The summed E-state index contributed by atoms with van der Waals surface area (Å²) < 4.78 is 5.00. The summed E-state index contributed by atoms with van der Waals surface area (Å²) >= 11 is 29.1. The van der Waals surface area contributed by atoms with E-state index < -0.39 is 5.78 Å². The topological polar surface area (TPSA) is 30.2 Å². The molecule has 2 nitrogen and oxygen atoms in total. The van der Waals surface area contributed by atoms with Crippen molar-refractivity contribution >= 4 is 63.8 Å². The first-order valence-corrected chi connectivity index (χ1v) is 6.44. The highest BCUT2D eigenvalue weighted by Gasteiger charge is 2.23. The number of carbonyl (C=O) groups is 1. The second-order valence-corrected chi connectivity index (χ2v) is 5.22. The zero-order chi connectivity index (χ0) is 13.4. The first kappa shape index (κ1) is 14.0. The molecule has 94 valence electrons. The zero-order valence-electron chi connectivity index (χ0n) is 8.44. The molecule has 0 aliphatic rings. The summed E-state index contributed by atoms with van der Waals surface area (Å²) in [5.74, 6) is -0.502. The minimum Gasteiger partial charge on any atom is -0.441 e. The number of ketones is 1. The molecule has 0 radical (unpaired) electrons. The van der Waals surface area contributed by atoms with E-state index in [4.69, 9.17) is 62.4 Å². The SMILES string of the molecule is O=C(c1ccc(Cl)o1)c1c(Cl)cc(Cl)c(Cl)c1Cl. The molecule has 0 N–H and O–H groups in total. The van der Waals surface area contributed by atoms with Gasteiger partial charge < -0.3 is 4.42 Å². The van der Waals surface area contributed by atoms with E-state index in [2.05, 4.69) is 0 Å². The van der Waals surface area contributed by atoms with Crippen LogP contribution >= 0.6 is 58.0 Å². The third-order valence-electron chi connectivity index (χ3n) is 2.14. The highest BCUT2D eigenvalue weighted by atomic mass is 35.5. The van der Waals surface area contributed by atoms with Gasteiger partial charge in [0.2, 0.25) is 5.78 Å². The van der Waals surface area contributed by atoms with Crippen molar-refractivity contribution in [2.24, 2.45) is 0 Å². The summed E-state index contributed by atoms with van der Waals surface area (Å²) in [6.45, 7) is 0. The first-order chi connectivity index (χ1) is 8.41. The molecule has 0 aliphatic carbocycles. The van der Waals surface area contributed by atoms with Crippen molar-refractivity contribution in [3.63, 3.8) is 0 Å². The quantitative estimate of drug-likeness (QED) is 0.393. The molecule has 0 aliphatic heterocycles. The van der Waals surface area contributed by atoms with Crippen LogP contribution in [-0.4, -0.2) is 5.78 Å². The van der Waals surface area contributed by atoms with Crippen LogP contribution < -0.4 is 0 Å². The van der Waals surface area contributed by atoms with Gasteiger partial charge in [0.1, 0.15) is 0 Å². The summed E-state index contributed by atoms with van der Waals surface area (Å²) in [6.07, 6.45) is 0. The molecule has 0 spiro atoms. The molecule has 2 rings (SSSR count). The van der Waals surface area contributed by atoms with Crippen molar-refractivity contribution in [3.05, 3.63) is 54.8 Å². The lowest BCUT2D eigenvalue weighted by molar-refractivity contribution is 0.101. The lowest BCUT2D eigenvalue weighted by Crippen LogP contribution is -2.02. The van der Waals surface area contributed by atoms with Crippen molar-refractivity contribution in [1.29, 1.82) is 0 Å². The van der Waals surface area contributed by atoms with Crippen LogP contribution in [-0.2, 0) is 0 Å². The maximum Gasteiger partial charge on any atom is 0.231 e. The molecule has 1 aromatic heterocycles. The number of carbonyl (C=O) groups excluding carboxylic acids is 1. The van der Waals surface area contributed by atoms with E-state index in [-0.39, 0.29) is 36.6 Å². The Morgan fingerprint density at radius 2 is 1.61 bits per heavy atom. The van der Waals surface area contributed by atoms with Crippen LogP contribution in [0.2, 0.25) is 25.3 Å². The van der Waals surface area contributed by atoms with Gasteiger partial charge in [0, 0.05) is 0 Å².